The predicted molar refractivity (Wildman–Crippen MR) is 112 cm³/mol. The Hall–Kier alpha value is -2.73. The van der Waals surface area contributed by atoms with Gasteiger partial charge in [-0.15, -0.1) is 5.10 Å². The first-order chi connectivity index (χ1) is 13.6. The molecular formula is C22H28N6. The molecule has 0 amide bonds. The van der Waals surface area contributed by atoms with Gasteiger partial charge >= 0.3 is 0 Å². The number of anilines is 2. The first kappa shape index (κ1) is 18.6. The third-order valence-electron chi connectivity index (χ3n) is 5.23. The Morgan fingerprint density at radius 1 is 1.18 bits per heavy atom. The second-order valence-corrected chi connectivity index (χ2v) is 8.01. The van der Waals surface area contributed by atoms with E-state index in [1.54, 1.807) is 11.0 Å². The Kier molecular flexibility index (Phi) is 5.39. The average Bonchev–Trinajstić information content (AvgIpc) is 3.34. The maximum atomic E-state index is 4.63. The standard InChI is InChI=1S/C22H28N6/c1-16(2)13-27-10-9-18(14-27)19-11-21(17(3)23-12-19)25-22-24-15-28(26-22)20-7-5-4-6-8-20/h4-8,11-12,15-16,18H,9-10,13-14H2,1-3H3,(H,25,26). The number of hydrogen-bond acceptors (Lipinski definition) is 5. The minimum absolute atomic E-state index is 0.544. The second kappa shape index (κ2) is 8.10. The third kappa shape index (κ3) is 4.22. The maximum Gasteiger partial charge on any atom is 0.247 e. The van der Waals surface area contributed by atoms with E-state index in [-0.39, 0.29) is 0 Å². The summed E-state index contributed by atoms with van der Waals surface area (Å²) in [7, 11) is 0. The van der Waals surface area contributed by atoms with Crippen LogP contribution in [-0.2, 0) is 0 Å². The number of para-hydroxylation sites is 1. The van der Waals surface area contributed by atoms with Crippen LogP contribution in [0.15, 0.2) is 48.9 Å². The molecule has 1 saturated heterocycles. The fraction of sp³-hybridized carbons (Fsp3) is 0.409. The van der Waals surface area contributed by atoms with Crippen molar-refractivity contribution in [3.8, 4) is 5.69 Å². The van der Waals surface area contributed by atoms with E-state index in [4.69, 9.17) is 0 Å². The summed E-state index contributed by atoms with van der Waals surface area (Å²) in [5.41, 5.74) is 4.21. The number of benzene rings is 1. The van der Waals surface area contributed by atoms with Crippen molar-refractivity contribution in [2.24, 2.45) is 5.92 Å². The topological polar surface area (TPSA) is 58.9 Å². The number of nitrogens with zero attached hydrogens (tertiary/aromatic N) is 5. The summed E-state index contributed by atoms with van der Waals surface area (Å²) < 4.78 is 1.77. The third-order valence-corrected chi connectivity index (χ3v) is 5.23. The molecule has 146 valence electrons. The van der Waals surface area contributed by atoms with Gasteiger partial charge in [-0.05, 0) is 55.5 Å². The van der Waals surface area contributed by atoms with Crippen molar-refractivity contribution < 1.29 is 0 Å². The lowest BCUT2D eigenvalue weighted by Crippen LogP contribution is -2.24. The predicted octanol–water partition coefficient (Wildman–Crippen LogP) is 4.16. The van der Waals surface area contributed by atoms with E-state index >= 15 is 0 Å². The Labute approximate surface area is 166 Å². The zero-order valence-electron chi connectivity index (χ0n) is 16.8. The summed E-state index contributed by atoms with van der Waals surface area (Å²) in [6.07, 6.45) is 4.95. The molecule has 0 bridgehead atoms. The Balaban J connectivity index is 1.49. The smallest absolute Gasteiger partial charge is 0.247 e. The molecule has 3 heterocycles. The Bertz CT molecular complexity index is 918. The van der Waals surface area contributed by atoms with Crippen LogP contribution < -0.4 is 5.32 Å². The summed E-state index contributed by atoms with van der Waals surface area (Å²) in [4.78, 5) is 11.6. The number of aryl methyl sites for hydroxylation is 1. The molecule has 0 saturated carbocycles. The SMILES string of the molecule is Cc1ncc(C2CCN(CC(C)C)C2)cc1Nc1ncn(-c2ccccc2)n1. The monoisotopic (exact) mass is 376 g/mol. The van der Waals surface area contributed by atoms with Gasteiger partial charge in [-0.2, -0.15) is 4.98 Å². The zero-order valence-corrected chi connectivity index (χ0v) is 16.8. The van der Waals surface area contributed by atoms with Crippen molar-refractivity contribution in [1.82, 2.24) is 24.6 Å². The molecule has 3 aromatic rings. The van der Waals surface area contributed by atoms with Crippen molar-refractivity contribution in [2.75, 3.05) is 25.0 Å². The minimum Gasteiger partial charge on any atom is -0.321 e. The van der Waals surface area contributed by atoms with Crippen LogP contribution in [0, 0.1) is 12.8 Å². The summed E-state index contributed by atoms with van der Waals surface area (Å²) in [6.45, 7) is 10.0. The Morgan fingerprint density at radius 3 is 2.79 bits per heavy atom. The lowest BCUT2D eigenvalue weighted by atomic mass is 9.99. The number of aromatic nitrogens is 4. The van der Waals surface area contributed by atoms with Crippen LogP contribution in [0.25, 0.3) is 5.69 Å². The van der Waals surface area contributed by atoms with Gasteiger partial charge < -0.3 is 10.2 Å². The minimum atomic E-state index is 0.544. The zero-order chi connectivity index (χ0) is 19.5. The number of pyridine rings is 1. The lowest BCUT2D eigenvalue weighted by molar-refractivity contribution is 0.295. The van der Waals surface area contributed by atoms with Gasteiger partial charge in [-0.1, -0.05) is 32.0 Å². The maximum absolute atomic E-state index is 4.63. The van der Waals surface area contributed by atoms with Crippen LogP contribution in [0.4, 0.5) is 11.6 Å². The molecule has 0 aliphatic carbocycles. The highest BCUT2D eigenvalue weighted by Crippen LogP contribution is 2.30. The highest BCUT2D eigenvalue weighted by atomic mass is 15.4. The molecule has 1 N–H and O–H groups in total. The highest BCUT2D eigenvalue weighted by molar-refractivity contribution is 5.57. The molecule has 1 aromatic carbocycles. The molecule has 6 heteroatoms. The van der Waals surface area contributed by atoms with Crippen molar-refractivity contribution in [3.05, 3.63) is 60.2 Å². The quantitative estimate of drug-likeness (QED) is 0.700. The van der Waals surface area contributed by atoms with E-state index in [9.17, 15) is 0 Å². The molecule has 1 unspecified atom stereocenters. The molecule has 1 atom stereocenters. The van der Waals surface area contributed by atoms with E-state index < -0.39 is 0 Å². The highest BCUT2D eigenvalue weighted by Gasteiger charge is 2.25. The fourth-order valence-corrected chi connectivity index (χ4v) is 3.83. The van der Waals surface area contributed by atoms with Gasteiger partial charge in [-0.3, -0.25) is 4.98 Å². The molecule has 0 spiro atoms. The first-order valence-corrected chi connectivity index (χ1v) is 10.0. The molecule has 28 heavy (non-hydrogen) atoms. The molecular weight excluding hydrogens is 348 g/mol. The van der Waals surface area contributed by atoms with Crippen LogP contribution in [0.5, 0.6) is 0 Å². The van der Waals surface area contributed by atoms with E-state index in [1.807, 2.05) is 43.5 Å². The number of nitrogens with one attached hydrogen (secondary N) is 1. The van der Waals surface area contributed by atoms with Gasteiger partial charge in [0.2, 0.25) is 5.95 Å². The van der Waals surface area contributed by atoms with Crippen molar-refractivity contribution >= 4 is 11.6 Å². The van der Waals surface area contributed by atoms with E-state index in [0.29, 0.717) is 17.8 Å². The molecule has 0 radical (unpaired) electrons. The molecule has 1 aliphatic heterocycles. The van der Waals surface area contributed by atoms with Crippen LogP contribution in [0.2, 0.25) is 0 Å². The largest absolute Gasteiger partial charge is 0.321 e. The molecule has 1 fully saturated rings. The van der Waals surface area contributed by atoms with Gasteiger partial charge in [0.25, 0.3) is 0 Å². The summed E-state index contributed by atoms with van der Waals surface area (Å²) in [5.74, 6) is 1.83. The number of hydrogen-bond donors (Lipinski definition) is 1. The molecule has 4 rings (SSSR count). The van der Waals surface area contributed by atoms with Crippen LogP contribution in [0.1, 0.15) is 37.4 Å². The van der Waals surface area contributed by atoms with E-state index in [0.717, 1.165) is 23.6 Å². The summed E-state index contributed by atoms with van der Waals surface area (Å²) >= 11 is 0. The van der Waals surface area contributed by atoms with Crippen molar-refractivity contribution in [1.29, 1.82) is 0 Å². The molecule has 1 aliphatic rings. The normalized spacial score (nSPS) is 17.4. The van der Waals surface area contributed by atoms with Gasteiger partial charge in [-0.25, -0.2) is 4.68 Å². The Morgan fingerprint density at radius 2 is 2.00 bits per heavy atom. The van der Waals surface area contributed by atoms with Crippen molar-refractivity contribution in [2.45, 2.75) is 33.1 Å². The van der Waals surface area contributed by atoms with Crippen LogP contribution in [-0.4, -0.2) is 44.3 Å². The average molecular weight is 377 g/mol. The van der Waals surface area contributed by atoms with Gasteiger partial charge in [0.15, 0.2) is 0 Å². The summed E-state index contributed by atoms with van der Waals surface area (Å²) in [5, 5.41) is 7.90. The van der Waals surface area contributed by atoms with Crippen LogP contribution >= 0.6 is 0 Å². The number of rotatable bonds is 6. The van der Waals surface area contributed by atoms with Gasteiger partial charge in [0.1, 0.15) is 6.33 Å². The van der Waals surface area contributed by atoms with Gasteiger partial charge in [0, 0.05) is 19.3 Å². The van der Waals surface area contributed by atoms with E-state index in [1.165, 1.54) is 25.1 Å². The number of likely N-dealkylation sites (tertiary alicyclic amines) is 1. The van der Waals surface area contributed by atoms with Gasteiger partial charge in [0.05, 0.1) is 17.1 Å². The molecule has 6 nitrogen and oxygen atoms in total. The second-order valence-electron chi connectivity index (χ2n) is 8.01. The van der Waals surface area contributed by atoms with E-state index in [2.05, 4.69) is 45.2 Å². The molecule has 2 aromatic heterocycles. The first-order valence-electron chi connectivity index (χ1n) is 10.0. The summed E-state index contributed by atoms with van der Waals surface area (Å²) in [6, 6.07) is 12.2. The van der Waals surface area contributed by atoms with Crippen LogP contribution in [0.3, 0.4) is 0 Å². The van der Waals surface area contributed by atoms with Crippen molar-refractivity contribution in [3.63, 3.8) is 0 Å². The lowest BCUT2D eigenvalue weighted by Gasteiger charge is -2.18. The fourth-order valence-electron chi connectivity index (χ4n) is 3.83.